The van der Waals surface area contributed by atoms with Gasteiger partial charge in [0.25, 0.3) is 0 Å². The number of nitrogens with zero attached hydrogens (tertiary/aromatic N) is 3. The first-order valence-corrected chi connectivity index (χ1v) is 8.49. The zero-order chi connectivity index (χ0) is 17.4. The molecule has 3 unspecified atom stereocenters. The number of aryl methyl sites for hydroxylation is 1. The lowest BCUT2D eigenvalue weighted by Gasteiger charge is -2.33. The number of morpholine rings is 1. The second-order valence-corrected chi connectivity index (χ2v) is 6.51. The first kappa shape index (κ1) is 16.1. The first-order valence-electron chi connectivity index (χ1n) is 8.49. The van der Waals surface area contributed by atoms with Gasteiger partial charge in [-0.2, -0.15) is 0 Å². The lowest BCUT2D eigenvalue weighted by molar-refractivity contribution is -0.142. The summed E-state index contributed by atoms with van der Waals surface area (Å²) in [5.41, 5.74) is 1.15. The smallest absolute Gasteiger partial charge is 0.241 e. The summed E-state index contributed by atoms with van der Waals surface area (Å²) in [5, 5.41) is 7.95. The summed E-state index contributed by atoms with van der Waals surface area (Å²) in [6, 6.07) is 7.65. The van der Waals surface area contributed by atoms with Crippen LogP contribution in [0.2, 0.25) is 0 Å². The number of amides is 1. The van der Waals surface area contributed by atoms with Crippen molar-refractivity contribution in [3.05, 3.63) is 41.6 Å². The Balaban J connectivity index is 1.50. The maximum Gasteiger partial charge on any atom is 0.241 e. The predicted octanol–water partition coefficient (Wildman–Crippen LogP) is 2.09. The molecule has 1 saturated carbocycles. The molecular weight excluding hydrogens is 322 g/mol. The summed E-state index contributed by atoms with van der Waals surface area (Å²) in [6.07, 6.45) is 0.860. The van der Waals surface area contributed by atoms with Gasteiger partial charge in [-0.25, -0.2) is 0 Å². The number of hydrogen-bond acceptors (Lipinski definition) is 6. The molecule has 4 rings (SSSR count). The monoisotopic (exact) mass is 343 g/mol. The summed E-state index contributed by atoms with van der Waals surface area (Å²) in [4.78, 5) is 14.9. The third-order valence-electron chi connectivity index (χ3n) is 4.87. The molecule has 2 fully saturated rings. The second kappa shape index (κ2) is 6.48. The minimum absolute atomic E-state index is 0.00303. The van der Waals surface area contributed by atoms with Gasteiger partial charge in [-0.15, -0.1) is 10.2 Å². The number of carbonyl (C=O) groups is 1. The van der Waals surface area contributed by atoms with Gasteiger partial charge in [0.05, 0.1) is 20.3 Å². The van der Waals surface area contributed by atoms with Gasteiger partial charge in [0, 0.05) is 19.4 Å². The average molecular weight is 343 g/mol. The quantitative estimate of drug-likeness (QED) is 0.846. The Bertz CT molecular complexity index is 775. The first-order chi connectivity index (χ1) is 12.2. The maximum atomic E-state index is 13.0. The van der Waals surface area contributed by atoms with Crippen molar-refractivity contribution in [2.24, 2.45) is 5.92 Å². The average Bonchev–Trinajstić information content (AvgIpc) is 3.35. The normalized spacial score (nSPS) is 25.7. The van der Waals surface area contributed by atoms with Crippen LogP contribution in [-0.4, -0.2) is 47.9 Å². The third-order valence-corrected chi connectivity index (χ3v) is 4.87. The number of rotatable bonds is 4. The SMILES string of the molecule is COc1cccc(C2CC2C(=O)N2CCOCC2c2nnc(C)o2)c1. The van der Waals surface area contributed by atoms with Gasteiger partial charge in [-0.05, 0) is 30.0 Å². The fraction of sp³-hybridized carbons (Fsp3) is 0.500. The van der Waals surface area contributed by atoms with Crippen molar-refractivity contribution >= 4 is 5.91 Å². The van der Waals surface area contributed by atoms with Crippen LogP contribution in [0.25, 0.3) is 0 Å². The summed E-state index contributed by atoms with van der Waals surface area (Å²) in [7, 11) is 1.65. The van der Waals surface area contributed by atoms with Crippen LogP contribution in [0.1, 0.15) is 35.7 Å². The lowest BCUT2D eigenvalue weighted by Crippen LogP contribution is -2.44. The van der Waals surface area contributed by atoms with Crippen molar-refractivity contribution in [3.63, 3.8) is 0 Å². The molecule has 1 aromatic heterocycles. The van der Waals surface area contributed by atoms with Crippen molar-refractivity contribution in [2.45, 2.75) is 25.3 Å². The minimum Gasteiger partial charge on any atom is -0.497 e. The molecular formula is C18H21N3O4. The van der Waals surface area contributed by atoms with E-state index < -0.39 is 0 Å². The number of carbonyl (C=O) groups excluding carboxylic acids is 1. The number of benzene rings is 1. The van der Waals surface area contributed by atoms with E-state index >= 15 is 0 Å². The van der Waals surface area contributed by atoms with E-state index in [4.69, 9.17) is 13.9 Å². The van der Waals surface area contributed by atoms with Gasteiger partial charge in [0.1, 0.15) is 11.8 Å². The lowest BCUT2D eigenvalue weighted by atomic mass is 10.1. The van der Waals surface area contributed by atoms with Gasteiger partial charge in [0.15, 0.2) is 0 Å². The molecule has 2 aliphatic rings. The van der Waals surface area contributed by atoms with Crippen molar-refractivity contribution in [1.29, 1.82) is 0 Å². The van der Waals surface area contributed by atoms with Crippen LogP contribution in [0.15, 0.2) is 28.7 Å². The standard InChI is InChI=1S/C18H21N3O4/c1-11-19-20-17(25-11)16-10-24-7-6-21(16)18(22)15-9-14(15)12-4-3-5-13(8-12)23-2/h3-5,8,14-16H,6-7,9-10H2,1-2H3. The van der Waals surface area contributed by atoms with E-state index in [2.05, 4.69) is 16.3 Å². The summed E-state index contributed by atoms with van der Waals surface area (Å²) < 4.78 is 16.3. The molecule has 0 spiro atoms. The van der Waals surface area contributed by atoms with Gasteiger partial charge in [-0.3, -0.25) is 4.79 Å². The topological polar surface area (TPSA) is 77.7 Å². The van der Waals surface area contributed by atoms with E-state index in [0.717, 1.165) is 17.7 Å². The summed E-state index contributed by atoms with van der Waals surface area (Å²) >= 11 is 0. The highest BCUT2D eigenvalue weighted by Gasteiger charge is 2.48. The third kappa shape index (κ3) is 3.11. The van der Waals surface area contributed by atoms with Gasteiger partial charge >= 0.3 is 0 Å². The Morgan fingerprint density at radius 1 is 1.36 bits per heavy atom. The van der Waals surface area contributed by atoms with Gasteiger partial charge < -0.3 is 18.8 Å². The van der Waals surface area contributed by atoms with Crippen molar-refractivity contribution < 1.29 is 18.7 Å². The molecule has 1 saturated heterocycles. The highest BCUT2D eigenvalue weighted by Crippen LogP contribution is 2.49. The van der Waals surface area contributed by atoms with Crippen LogP contribution in [0.4, 0.5) is 0 Å². The van der Waals surface area contributed by atoms with Crippen LogP contribution >= 0.6 is 0 Å². The van der Waals surface area contributed by atoms with E-state index in [0.29, 0.717) is 31.5 Å². The highest BCUT2D eigenvalue weighted by molar-refractivity contribution is 5.83. The number of hydrogen-bond donors (Lipinski definition) is 0. The molecule has 2 heterocycles. The molecule has 1 aromatic carbocycles. The molecule has 1 aliphatic carbocycles. The van der Waals surface area contributed by atoms with Crippen LogP contribution in [0.5, 0.6) is 5.75 Å². The Morgan fingerprint density at radius 3 is 3.00 bits per heavy atom. The zero-order valence-corrected chi connectivity index (χ0v) is 14.3. The fourth-order valence-electron chi connectivity index (χ4n) is 3.44. The van der Waals surface area contributed by atoms with Crippen LogP contribution in [-0.2, 0) is 9.53 Å². The van der Waals surface area contributed by atoms with Gasteiger partial charge in [-0.1, -0.05) is 12.1 Å². The molecule has 0 radical (unpaired) electrons. The number of methoxy groups -OCH3 is 1. The molecule has 1 amide bonds. The van der Waals surface area contributed by atoms with Crippen LogP contribution in [0.3, 0.4) is 0 Å². The molecule has 0 bridgehead atoms. The molecule has 2 aromatic rings. The molecule has 1 aliphatic heterocycles. The molecule has 25 heavy (non-hydrogen) atoms. The van der Waals surface area contributed by atoms with Gasteiger partial charge in [0.2, 0.25) is 17.7 Å². The zero-order valence-electron chi connectivity index (χ0n) is 14.3. The van der Waals surface area contributed by atoms with E-state index in [9.17, 15) is 4.79 Å². The molecule has 132 valence electrons. The number of ether oxygens (including phenoxy) is 2. The predicted molar refractivity (Wildman–Crippen MR) is 88.2 cm³/mol. The Morgan fingerprint density at radius 2 is 2.24 bits per heavy atom. The molecule has 7 nitrogen and oxygen atoms in total. The van der Waals surface area contributed by atoms with E-state index in [-0.39, 0.29) is 23.8 Å². The summed E-state index contributed by atoms with van der Waals surface area (Å²) in [6.45, 7) is 3.22. The van der Waals surface area contributed by atoms with Crippen molar-refractivity contribution in [3.8, 4) is 5.75 Å². The minimum atomic E-state index is -0.297. The van der Waals surface area contributed by atoms with E-state index in [1.807, 2.05) is 23.1 Å². The molecule has 0 N–H and O–H groups in total. The summed E-state index contributed by atoms with van der Waals surface area (Å²) in [5.74, 6) is 2.14. The Labute approximate surface area is 145 Å². The van der Waals surface area contributed by atoms with Crippen LogP contribution in [0, 0.1) is 12.8 Å². The number of aromatic nitrogens is 2. The Kier molecular flexibility index (Phi) is 4.17. The van der Waals surface area contributed by atoms with E-state index in [1.54, 1.807) is 14.0 Å². The molecule has 7 heteroatoms. The van der Waals surface area contributed by atoms with Crippen LogP contribution < -0.4 is 4.74 Å². The largest absolute Gasteiger partial charge is 0.497 e. The highest BCUT2D eigenvalue weighted by atomic mass is 16.5. The molecule has 3 atom stereocenters. The van der Waals surface area contributed by atoms with Crippen molar-refractivity contribution in [1.82, 2.24) is 15.1 Å². The van der Waals surface area contributed by atoms with Crippen molar-refractivity contribution in [2.75, 3.05) is 26.9 Å². The maximum absolute atomic E-state index is 13.0. The second-order valence-electron chi connectivity index (χ2n) is 6.51. The van der Waals surface area contributed by atoms with E-state index in [1.165, 1.54) is 0 Å². The fourth-order valence-corrected chi connectivity index (χ4v) is 3.44. The Hall–Kier alpha value is -2.41.